The highest BCUT2D eigenvalue weighted by Gasteiger charge is 2.30. The van der Waals surface area contributed by atoms with Crippen LogP contribution in [0.2, 0.25) is 10.0 Å². The standard InChI is InChI=1S/C18H13BrCl2N2O3/c1-23-17(24)15(22-18(23)25)8-11-6-13(20)16(14(21)7-11)26-9-10-2-4-12(19)5-3-10/h2-8H,9H2,1H3,(H,22,25)/b15-8+. The van der Waals surface area contributed by atoms with E-state index in [1.54, 1.807) is 12.1 Å². The molecule has 5 nitrogen and oxygen atoms in total. The Balaban J connectivity index is 1.79. The van der Waals surface area contributed by atoms with Crippen molar-refractivity contribution in [3.05, 3.63) is 67.7 Å². The van der Waals surface area contributed by atoms with Crippen LogP contribution in [0.15, 0.2) is 46.6 Å². The van der Waals surface area contributed by atoms with E-state index in [1.165, 1.54) is 13.1 Å². The molecule has 134 valence electrons. The number of urea groups is 1. The second kappa shape index (κ2) is 7.70. The molecular weight excluding hydrogens is 443 g/mol. The highest BCUT2D eigenvalue weighted by molar-refractivity contribution is 9.10. The van der Waals surface area contributed by atoms with Crippen molar-refractivity contribution in [2.45, 2.75) is 6.61 Å². The molecule has 0 bridgehead atoms. The monoisotopic (exact) mass is 454 g/mol. The van der Waals surface area contributed by atoms with Crippen molar-refractivity contribution >= 4 is 57.1 Å². The van der Waals surface area contributed by atoms with Gasteiger partial charge in [-0.1, -0.05) is 51.3 Å². The van der Waals surface area contributed by atoms with Crippen LogP contribution in [-0.4, -0.2) is 23.9 Å². The molecule has 0 saturated carbocycles. The number of rotatable bonds is 4. The average Bonchev–Trinajstić information content (AvgIpc) is 2.83. The van der Waals surface area contributed by atoms with E-state index >= 15 is 0 Å². The smallest absolute Gasteiger partial charge is 0.328 e. The Hall–Kier alpha value is -2.02. The van der Waals surface area contributed by atoms with Crippen LogP contribution in [0.3, 0.4) is 0 Å². The van der Waals surface area contributed by atoms with Crippen molar-refractivity contribution < 1.29 is 14.3 Å². The first-order valence-corrected chi connectivity index (χ1v) is 9.07. The number of imide groups is 1. The lowest BCUT2D eigenvalue weighted by Gasteiger charge is -2.11. The fraction of sp³-hybridized carbons (Fsp3) is 0.111. The number of likely N-dealkylation sites (N-methyl/N-ethyl adjacent to an activating group) is 1. The molecular formula is C18H13BrCl2N2O3. The van der Waals surface area contributed by atoms with Crippen molar-refractivity contribution in [3.63, 3.8) is 0 Å². The fourth-order valence-corrected chi connectivity index (χ4v) is 3.20. The van der Waals surface area contributed by atoms with Gasteiger partial charge in [-0.15, -0.1) is 0 Å². The Bertz CT molecular complexity index is 890. The summed E-state index contributed by atoms with van der Waals surface area (Å²) in [5.41, 5.74) is 1.71. The molecule has 1 aliphatic rings. The van der Waals surface area contributed by atoms with Gasteiger partial charge in [-0.2, -0.15) is 0 Å². The first kappa shape index (κ1) is 18.8. The molecule has 0 radical (unpaired) electrons. The summed E-state index contributed by atoms with van der Waals surface area (Å²) >= 11 is 15.9. The summed E-state index contributed by atoms with van der Waals surface area (Å²) < 4.78 is 6.71. The maximum atomic E-state index is 11.9. The molecule has 3 amide bonds. The first-order chi connectivity index (χ1) is 12.3. The van der Waals surface area contributed by atoms with E-state index in [2.05, 4.69) is 21.2 Å². The first-order valence-electron chi connectivity index (χ1n) is 7.52. The molecule has 0 aliphatic carbocycles. The van der Waals surface area contributed by atoms with E-state index < -0.39 is 11.9 Å². The van der Waals surface area contributed by atoms with Gasteiger partial charge in [-0.3, -0.25) is 9.69 Å². The van der Waals surface area contributed by atoms with E-state index in [0.717, 1.165) is 14.9 Å². The van der Waals surface area contributed by atoms with Gasteiger partial charge in [0, 0.05) is 11.5 Å². The Morgan fingerprint density at radius 1 is 1.15 bits per heavy atom. The molecule has 26 heavy (non-hydrogen) atoms. The number of benzene rings is 2. The molecule has 1 N–H and O–H groups in total. The highest BCUT2D eigenvalue weighted by Crippen LogP contribution is 2.35. The van der Waals surface area contributed by atoms with Gasteiger partial charge in [0.25, 0.3) is 5.91 Å². The van der Waals surface area contributed by atoms with Crippen LogP contribution in [-0.2, 0) is 11.4 Å². The van der Waals surface area contributed by atoms with Crippen LogP contribution in [0.25, 0.3) is 6.08 Å². The predicted molar refractivity (Wildman–Crippen MR) is 104 cm³/mol. The van der Waals surface area contributed by atoms with E-state index in [1.807, 2.05) is 24.3 Å². The van der Waals surface area contributed by atoms with Crippen molar-refractivity contribution in [1.82, 2.24) is 10.2 Å². The number of amides is 3. The van der Waals surface area contributed by atoms with E-state index in [4.69, 9.17) is 27.9 Å². The summed E-state index contributed by atoms with van der Waals surface area (Å²) in [6, 6.07) is 10.4. The Labute approximate surface area is 168 Å². The van der Waals surface area contributed by atoms with Crippen LogP contribution in [0.4, 0.5) is 4.79 Å². The lowest BCUT2D eigenvalue weighted by Crippen LogP contribution is -2.25. The molecule has 3 rings (SSSR count). The lowest BCUT2D eigenvalue weighted by atomic mass is 10.1. The average molecular weight is 456 g/mol. The molecule has 0 unspecified atom stereocenters. The third-order valence-corrected chi connectivity index (χ3v) is 4.80. The maximum absolute atomic E-state index is 11.9. The summed E-state index contributed by atoms with van der Waals surface area (Å²) in [5.74, 6) is -0.0601. The van der Waals surface area contributed by atoms with Crippen molar-refractivity contribution in [1.29, 1.82) is 0 Å². The number of halogens is 3. The van der Waals surface area contributed by atoms with Crippen molar-refractivity contribution in [2.75, 3.05) is 7.05 Å². The van der Waals surface area contributed by atoms with Crippen LogP contribution in [0, 0.1) is 0 Å². The Kier molecular flexibility index (Phi) is 5.55. The number of nitrogens with one attached hydrogen (secondary N) is 1. The van der Waals surface area contributed by atoms with Crippen LogP contribution < -0.4 is 10.1 Å². The topological polar surface area (TPSA) is 58.6 Å². The van der Waals surface area contributed by atoms with Gasteiger partial charge in [-0.25, -0.2) is 4.79 Å². The molecule has 1 saturated heterocycles. The fourth-order valence-electron chi connectivity index (χ4n) is 2.33. The molecule has 8 heteroatoms. The minimum atomic E-state index is -0.479. The van der Waals surface area contributed by atoms with Gasteiger partial charge >= 0.3 is 6.03 Å². The maximum Gasteiger partial charge on any atom is 0.328 e. The number of hydrogen-bond donors (Lipinski definition) is 1. The van der Waals surface area contributed by atoms with Gasteiger partial charge in [0.2, 0.25) is 0 Å². The number of hydrogen-bond acceptors (Lipinski definition) is 3. The zero-order valence-corrected chi connectivity index (χ0v) is 16.7. The second-order valence-electron chi connectivity index (χ2n) is 5.58. The number of carbonyl (C=O) groups excluding carboxylic acids is 2. The summed E-state index contributed by atoms with van der Waals surface area (Å²) in [4.78, 5) is 24.4. The lowest BCUT2D eigenvalue weighted by molar-refractivity contribution is -0.121. The van der Waals surface area contributed by atoms with Crippen LogP contribution in [0.5, 0.6) is 5.75 Å². The molecule has 2 aromatic carbocycles. The van der Waals surface area contributed by atoms with Crippen LogP contribution >= 0.6 is 39.1 Å². The SMILES string of the molecule is CN1C(=O)N/C(=C/c2cc(Cl)c(OCc3ccc(Br)cc3)c(Cl)c2)C1=O. The van der Waals surface area contributed by atoms with Gasteiger partial charge in [0.05, 0.1) is 10.0 Å². The third-order valence-electron chi connectivity index (χ3n) is 3.71. The molecule has 0 spiro atoms. The summed E-state index contributed by atoms with van der Waals surface area (Å²) in [6.07, 6.45) is 1.51. The van der Waals surface area contributed by atoms with Gasteiger partial charge < -0.3 is 10.1 Å². The molecule has 1 fully saturated rings. The Morgan fingerprint density at radius 3 is 2.31 bits per heavy atom. The largest absolute Gasteiger partial charge is 0.486 e. The van der Waals surface area contributed by atoms with Gasteiger partial charge in [0.1, 0.15) is 12.3 Å². The molecule has 2 aromatic rings. The normalized spacial score (nSPS) is 15.5. The van der Waals surface area contributed by atoms with E-state index in [0.29, 0.717) is 28.0 Å². The quantitative estimate of drug-likeness (QED) is 0.529. The zero-order valence-electron chi connectivity index (χ0n) is 13.6. The second-order valence-corrected chi connectivity index (χ2v) is 7.31. The van der Waals surface area contributed by atoms with Crippen molar-refractivity contribution in [3.8, 4) is 5.75 Å². The predicted octanol–water partition coefficient (Wildman–Crippen LogP) is 4.86. The van der Waals surface area contributed by atoms with Gasteiger partial charge in [-0.05, 0) is 41.5 Å². The summed E-state index contributed by atoms with van der Waals surface area (Å²) in [5, 5.41) is 3.11. The summed E-state index contributed by atoms with van der Waals surface area (Å²) in [6.45, 7) is 0.312. The number of nitrogens with zero attached hydrogens (tertiary/aromatic N) is 1. The minimum Gasteiger partial charge on any atom is -0.486 e. The number of ether oxygens (including phenoxy) is 1. The highest BCUT2D eigenvalue weighted by atomic mass is 79.9. The van der Waals surface area contributed by atoms with E-state index in [-0.39, 0.29) is 5.70 Å². The van der Waals surface area contributed by atoms with Crippen LogP contribution in [0.1, 0.15) is 11.1 Å². The Morgan fingerprint density at radius 2 is 1.77 bits per heavy atom. The molecule has 0 atom stereocenters. The van der Waals surface area contributed by atoms with Gasteiger partial charge in [0.15, 0.2) is 5.75 Å². The summed E-state index contributed by atoms with van der Waals surface area (Å²) in [7, 11) is 1.40. The van der Waals surface area contributed by atoms with E-state index in [9.17, 15) is 9.59 Å². The molecule has 1 heterocycles. The molecule has 0 aromatic heterocycles. The minimum absolute atomic E-state index is 0.160. The zero-order chi connectivity index (χ0) is 18.8. The molecule has 1 aliphatic heterocycles. The number of carbonyl (C=O) groups is 2. The van der Waals surface area contributed by atoms with Crippen molar-refractivity contribution in [2.24, 2.45) is 0 Å². The third kappa shape index (κ3) is 4.03.